The number of amides is 1. The number of likely N-dealkylation sites (tertiary alicyclic amines) is 1. The number of fused-ring (bicyclic) bond motifs is 1. The van der Waals surface area contributed by atoms with E-state index in [-0.39, 0.29) is 43.2 Å². The largest absolute Gasteiger partial charge is 0.522 e. The quantitative estimate of drug-likeness (QED) is 0.438. The summed E-state index contributed by atoms with van der Waals surface area (Å²) >= 11 is 0. The van der Waals surface area contributed by atoms with Gasteiger partial charge in [-0.25, -0.2) is 4.39 Å². The minimum absolute atomic E-state index is 0.0714. The first-order valence-electron chi connectivity index (χ1n) is 10.5. The zero-order chi connectivity index (χ0) is 24.3. The van der Waals surface area contributed by atoms with Gasteiger partial charge < -0.3 is 23.8 Å². The average molecular weight is 485 g/mol. The molecule has 7 nitrogen and oxygen atoms in total. The second-order valence-corrected chi connectivity index (χ2v) is 7.82. The topological polar surface area (TPSA) is 66.5 Å². The van der Waals surface area contributed by atoms with E-state index in [1.165, 1.54) is 37.4 Å². The van der Waals surface area contributed by atoms with Gasteiger partial charge in [0.15, 0.2) is 11.5 Å². The highest BCUT2D eigenvalue weighted by atomic mass is 19.4. The Morgan fingerprint density at radius 1 is 1.15 bits per heavy atom. The van der Waals surface area contributed by atoms with E-state index >= 15 is 0 Å². The fourth-order valence-electron chi connectivity index (χ4n) is 4.22. The highest BCUT2D eigenvalue weighted by molar-refractivity contribution is 5.95. The molecule has 0 aliphatic carbocycles. The Hall–Kier alpha value is -2.89. The van der Waals surface area contributed by atoms with Crippen LogP contribution in [0.3, 0.4) is 0 Å². The molecular weight excluding hydrogens is 462 g/mol. The third kappa shape index (κ3) is 5.11. The molecule has 0 spiro atoms. The van der Waals surface area contributed by atoms with Crippen LogP contribution in [0, 0.1) is 5.82 Å². The molecule has 2 saturated heterocycles. The number of halogens is 4. The van der Waals surface area contributed by atoms with E-state index < -0.39 is 24.7 Å². The lowest BCUT2D eigenvalue weighted by Gasteiger charge is -2.42. The molecule has 0 saturated carbocycles. The second-order valence-electron chi connectivity index (χ2n) is 7.82. The van der Waals surface area contributed by atoms with Gasteiger partial charge in [-0.3, -0.25) is 9.53 Å². The van der Waals surface area contributed by atoms with Gasteiger partial charge in [-0.05, 0) is 35.9 Å². The molecule has 184 valence electrons. The highest BCUT2D eigenvalue weighted by Gasteiger charge is 2.51. The van der Waals surface area contributed by atoms with Crippen LogP contribution >= 0.6 is 0 Å². The molecular formula is C23H23F4NO6. The van der Waals surface area contributed by atoms with E-state index in [0.29, 0.717) is 18.5 Å². The van der Waals surface area contributed by atoms with Crippen LogP contribution in [0.25, 0.3) is 0 Å². The van der Waals surface area contributed by atoms with Gasteiger partial charge in [0, 0.05) is 18.5 Å². The lowest BCUT2D eigenvalue weighted by Crippen LogP contribution is -2.53. The summed E-state index contributed by atoms with van der Waals surface area (Å²) in [7, 11) is 1.37. The Balaban J connectivity index is 1.43. The van der Waals surface area contributed by atoms with Crippen molar-refractivity contribution in [2.75, 3.05) is 40.2 Å². The molecule has 0 unspecified atom stereocenters. The van der Waals surface area contributed by atoms with Gasteiger partial charge in [-0.2, -0.15) is 0 Å². The first-order valence-corrected chi connectivity index (χ1v) is 10.5. The third-order valence-electron chi connectivity index (χ3n) is 5.88. The number of hydrogen-bond donors (Lipinski definition) is 0. The molecule has 2 aromatic carbocycles. The van der Waals surface area contributed by atoms with Crippen molar-refractivity contribution in [2.24, 2.45) is 0 Å². The Labute approximate surface area is 193 Å². The van der Waals surface area contributed by atoms with Crippen LogP contribution in [0.15, 0.2) is 42.5 Å². The Morgan fingerprint density at radius 3 is 2.62 bits per heavy atom. The molecule has 0 radical (unpaired) electrons. The van der Waals surface area contributed by atoms with Crippen LogP contribution in [0.2, 0.25) is 0 Å². The molecule has 2 aliphatic heterocycles. The Bertz CT molecular complexity index is 1020. The van der Waals surface area contributed by atoms with Gasteiger partial charge >= 0.3 is 6.36 Å². The predicted molar refractivity (Wildman–Crippen MR) is 110 cm³/mol. The molecule has 2 atom stereocenters. The summed E-state index contributed by atoms with van der Waals surface area (Å²) in [4.78, 5) is 14.8. The fourth-order valence-corrected chi connectivity index (χ4v) is 4.22. The SMILES string of the molecule is COc1cc(C(=O)N2CC[C@@]3(c4ccc(F)cc4)OCO[C@H]3C2)ccc1OCCOC(F)(F)F. The predicted octanol–water partition coefficient (Wildman–Crippen LogP) is 3.86. The van der Waals surface area contributed by atoms with Crippen molar-refractivity contribution in [1.82, 2.24) is 4.90 Å². The van der Waals surface area contributed by atoms with E-state index in [4.69, 9.17) is 18.9 Å². The van der Waals surface area contributed by atoms with E-state index in [0.717, 1.165) is 5.56 Å². The number of carbonyl (C=O) groups excluding carboxylic acids is 1. The summed E-state index contributed by atoms with van der Waals surface area (Å²) < 4.78 is 75.5. The number of piperidine rings is 1. The summed E-state index contributed by atoms with van der Waals surface area (Å²) in [5.74, 6) is -0.228. The van der Waals surface area contributed by atoms with Crippen LogP contribution in [-0.4, -0.2) is 63.5 Å². The number of carbonyl (C=O) groups is 1. The first kappa shape index (κ1) is 24.2. The lowest BCUT2D eigenvalue weighted by atomic mass is 9.82. The summed E-state index contributed by atoms with van der Waals surface area (Å²) in [5.41, 5.74) is 0.364. The molecule has 0 aromatic heterocycles. The summed E-state index contributed by atoms with van der Waals surface area (Å²) in [6.45, 7) is -0.306. The van der Waals surface area contributed by atoms with Crippen LogP contribution in [0.1, 0.15) is 22.3 Å². The number of benzene rings is 2. The number of hydrogen-bond acceptors (Lipinski definition) is 6. The second kappa shape index (κ2) is 9.77. The smallest absolute Gasteiger partial charge is 0.493 e. The van der Waals surface area contributed by atoms with Crippen LogP contribution in [-0.2, 0) is 19.8 Å². The number of nitrogens with zero attached hydrogens (tertiary/aromatic N) is 1. The molecule has 1 amide bonds. The molecule has 2 aromatic rings. The number of alkyl halides is 3. The van der Waals surface area contributed by atoms with Crippen molar-refractivity contribution in [2.45, 2.75) is 24.5 Å². The summed E-state index contributed by atoms with van der Waals surface area (Å²) in [5, 5.41) is 0. The number of methoxy groups -OCH3 is 1. The lowest BCUT2D eigenvalue weighted by molar-refractivity contribution is -0.325. The van der Waals surface area contributed by atoms with Crippen LogP contribution < -0.4 is 9.47 Å². The number of rotatable bonds is 7. The molecule has 34 heavy (non-hydrogen) atoms. The standard InChI is InChI=1S/C23H23F4NO6/c1-30-19-12-15(2-7-18(19)31-10-11-33-23(25,26)27)21(29)28-9-8-22(20(13-28)32-14-34-22)16-3-5-17(24)6-4-16/h2-7,12,20H,8-11,13-14H2,1H3/t20-,22-/m0/s1. The molecule has 2 aliphatic rings. The fraction of sp³-hybridized carbons (Fsp3) is 0.435. The highest BCUT2D eigenvalue weighted by Crippen LogP contribution is 2.43. The molecule has 11 heteroatoms. The maximum absolute atomic E-state index is 13.4. The van der Waals surface area contributed by atoms with Crippen molar-refractivity contribution < 1.29 is 46.0 Å². The minimum atomic E-state index is -4.74. The summed E-state index contributed by atoms with van der Waals surface area (Å²) in [6.07, 6.45) is -4.69. The average Bonchev–Trinajstić information content (AvgIpc) is 3.25. The molecule has 0 N–H and O–H groups in total. The molecule has 2 fully saturated rings. The molecule has 0 bridgehead atoms. The van der Waals surface area contributed by atoms with E-state index in [1.54, 1.807) is 17.0 Å². The van der Waals surface area contributed by atoms with E-state index in [9.17, 15) is 22.4 Å². The Kier molecular flexibility index (Phi) is 6.96. The van der Waals surface area contributed by atoms with Crippen molar-refractivity contribution >= 4 is 5.91 Å². The van der Waals surface area contributed by atoms with Crippen LogP contribution in [0.5, 0.6) is 11.5 Å². The zero-order valence-electron chi connectivity index (χ0n) is 18.3. The maximum Gasteiger partial charge on any atom is 0.522 e. The Morgan fingerprint density at radius 2 is 1.91 bits per heavy atom. The van der Waals surface area contributed by atoms with E-state index in [2.05, 4.69) is 4.74 Å². The van der Waals surface area contributed by atoms with Gasteiger partial charge in [0.25, 0.3) is 5.91 Å². The summed E-state index contributed by atoms with van der Waals surface area (Å²) in [6, 6.07) is 10.5. The number of ether oxygens (including phenoxy) is 5. The third-order valence-corrected chi connectivity index (χ3v) is 5.88. The first-order chi connectivity index (χ1) is 16.2. The normalized spacial score (nSPS) is 22.4. The van der Waals surface area contributed by atoms with Crippen LogP contribution in [0.4, 0.5) is 17.6 Å². The van der Waals surface area contributed by atoms with Crippen molar-refractivity contribution in [1.29, 1.82) is 0 Å². The van der Waals surface area contributed by atoms with Crippen molar-refractivity contribution in [3.8, 4) is 11.5 Å². The van der Waals surface area contributed by atoms with Crippen molar-refractivity contribution in [3.63, 3.8) is 0 Å². The van der Waals surface area contributed by atoms with Gasteiger partial charge in [0.2, 0.25) is 0 Å². The molecule has 2 heterocycles. The monoisotopic (exact) mass is 485 g/mol. The van der Waals surface area contributed by atoms with Gasteiger partial charge in [-0.1, -0.05) is 12.1 Å². The zero-order valence-corrected chi connectivity index (χ0v) is 18.3. The van der Waals surface area contributed by atoms with Gasteiger partial charge in [0.1, 0.15) is 30.9 Å². The van der Waals surface area contributed by atoms with Gasteiger partial charge in [-0.15, -0.1) is 13.2 Å². The maximum atomic E-state index is 13.4. The molecule has 4 rings (SSSR count). The van der Waals surface area contributed by atoms with Crippen molar-refractivity contribution in [3.05, 3.63) is 59.4 Å². The van der Waals surface area contributed by atoms with Gasteiger partial charge in [0.05, 0.1) is 20.3 Å². The van der Waals surface area contributed by atoms with E-state index in [1.807, 2.05) is 0 Å². The minimum Gasteiger partial charge on any atom is -0.493 e.